The molecule has 0 unspecified atom stereocenters. The molecule has 0 aliphatic rings. The minimum absolute atomic E-state index is 0.218. The summed E-state index contributed by atoms with van der Waals surface area (Å²) in [7, 11) is -3.61. The molecule has 0 aliphatic heterocycles. The van der Waals surface area contributed by atoms with E-state index in [1.807, 2.05) is 47.9 Å². The monoisotopic (exact) mass is 407 g/mol. The van der Waals surface area contributed by atoms with E-state index in [1.54, 1.807) is 31.6 Å². The maximum absolute atomic E-state index is 12.8. The predicted molar refractivity (Wildman–Crippen MR) is 112 cm³/mol. The first-order valence-electron chi connectivity index (χ1n) is 9.24. The fraction of sp³-hybridized carbons (Fsp3) is 0.190. The van der Waals surface area contributed by atoms with Crippen molar-refractivity contribution in [1.82, 2.24) is 24.2 Å². The Balaban J connectivity index is 1.62. The van der Waals surface area contributed by atoms with Crippen molar-refractivity contribution in [2.24, 2.45) is 0 Å². The first kappa shape index (κ1) is 19.2. The zero-order valence-corrected chi connectivity index (χ0v) is 17.0. The van der Waals surface area contributed by atoms with Crippen LogP contribution in [0.3, 0.4) is 0 Å². The van der Waals surface area contributed by atoms with Crippen LogP contribution < -0.4 is 4.72 Å². The molecule has 4 rings (SSSR count). The molecule has 3 heterocycles. The van der Waals surface area contributed by atoms with E-state index in [4.69, 9.17) is 0 Å². The van der Waals surface area contributed by atoms with Gasteiger partial charge >= 0.3 is 0 Å². The van der Waals surface area contributed by atoms with Gasteiger partial charge in [0.2, 0.25) is 10.0 Å². The molecule has 0 spiro atoms. The normalized spacial score (nSPS) is 11.8. The van der Waals surface area contributed by atoms with Crippen LogP contribution in [0, 0.1) is 13.8 Å². The van der Waals surface area contributed by atoms with E-state index in [0.717, 1.165) is 28.0 Å². The van der Waals surface area contributed by atoms with E-state index in [9.17, 15) is 8.42 Å². The maximum Gasteiger partial charge on any atom is 0.240 e. The number of nitrogens with one attached hydrogen (secondary N) is 1. The number of benzene rings is 1. The molecule has 0 bridgehead atoms. The van der Waals surface area contributed by atoms with Gasteiger partial charge in [-0.25, -0.2) is 23.1 Å². The van der Waals surface area contributed by atoms with E-state index in [0.29, 0.717) is 17.1 Å². The summed E-state index contributed by atoms with van der Waals surface area (Å²) < 4.78 is 30.2. The van der Waals surface area contributed by atoms with Crippen LogP contribution in [-0.4, -0.2) is 34.5 Å². The Kier molecular flexibility index (Phi) is 5.12. The van der Waals surface area contributed by atoms with Gasteiger partial charge in [0, 0.05) is 37.2 Å². The molecule has 8 heteroatoms. The highest BCUT2D eigenvalue weighted by atomic mass is 32.2. The lowest BCUT2D eigenvalue weighted by Gasteiger charge is -2.12. The first-order chi connectivity index (χ1) is 14.0. The minimum Gasteiger partial charge on any atom is -0.307 e. The first-order valence-corrected chi connectivity index (χ1v) is 10.7. The van der Waals surface area contributed by atoms with Gasteiger partial charge in [-0.3, -0.25) is 4.98 Å². The van der Waals surface area contributed by atoms with Crippen molar-refractivity contribution in [3.8, 4) is 11.4 Å². The highest BCUT2D eigenvalue weighted by Gasteiger charge is 2.18. The fourth-order valence-electron chi connectivity index (χ4n) is 3.26. The van der Waals surface area contributed by atoms with Gasteiger partial charge in [-0.05, 0) is 55.3 Å². The molecule has 29 heavy (non-hydrogen) atoms. The molecule has 0 fully saturated rings. The van der Waals surface area contributed by atoms with Crippen molar-refractivity contribution in [2.45, 2.75) is 25.3 Å². The smallest absolute Gasteiger partial charge is 0.240 e. The van der Waals surface area contributed by atoms with Crippen LogP contribution >= 0.6 is 0 Å². The van der Waals surface area contributed by atoms with Crippen LogP contribution in [0.5, 0.6) is 0 Å². The van der Waals surface area contributed by atoms with Crippen LogP contribution in [0.4, 0.5) is 0 Å². The molecule has 7 nitrogen and oxygen atoms in total. The Morgan fingerprint density at radius 3 is 2.62 bits per heavy atom. The summed E-state index contributed by atoms with van der Waals surface area (Å²) in [6, 6.07) is 12.9. The lowest BCUT2D eigenvalue weighted by atomic mass is 10.2. The van der Waals surface area contributed by atoms with E-state index >= 15 is 0 Å². The molecule has 1 N–H and O–H groups in total. The Morgan fingerprint density at radius 2 is 1.83 bits per heavy atom. The molecule has 0 saturated heterocycles. The highest BCUT2D eigenvalue weighted by molar-refractivity contribution is 7.89. The summed E-state index contributed by atoms with van der Waals surface area (Å²) in [6.07, 6.45) is 5.11. The third-order valence-electron chi connectivity index (χ3n) is 4.70. The number of aryl methyl sites for hydroxylation is 2. The standard InChI is InChI=1S/C21H21N5O2S/c1-15-5-6-16(2)19(14-15)29(27,28)24-12-13-26-20(17-7-10-22-11-8-17)25-18-4-3-9-23-21(18)26/h3-11,14,24H,12-13H2,1-2H3. The third kappa shape index (κ3) is 3.90. The average molecular weight is 407 g/mol. The number of hydrogen-bond acceptors (Lipinski definition) is 5. The summed E-state index contributed by atoms with van der Waals surface area (Å²) >= 11 is 0. The summed E-state index contributed by atoms with van der Waals surface area (Å²) in [5.74, 6) is 0.729. The third-order valence-corrected chi connectivity index (χ3v) is 6.31. The fourth-order valence-corrected chi connectivity index (χ4v) is 4.61. The Morgan fingerprint density at radius 1 is 1.03 bits per heavy atom. The number of sulfonamides is 1. The molecule has 148 valence electrons. The molecule has 0 radical (unpaired) electrons. The second-order valence-electron chi connectivity index (χ2n) is 6.84. The zero-order chi connectivity index (χ0) is 20.4. The Bertz CT molecular complexity index is 1270. The van der Waals surface area contributed by atoms with Gasteiger partial charge in [-0.2, -0.15) is 0 Å². The molecule has 0 amide bonds. The van der Waals surface area contributed by atoms with Crippen LogP contribution in [0.25, 0.3) is 22.6 Å². The van der Waals surface area contributed by atoms with Gasteiger partial charge in [-0.15, -0.1) is 0 Å². The maximum atomic E-state index is 12.8. The summed E-state index contributed by atoms with van der Waals surface area (Å²) in [5, 5.41) is 0. The lowest BCUT2D eigenvalue weighted by Crippen LogP contribution is -2.28. The predicted octanol–water partition coefficient (Wildman–Crippen LogP) is 3.09. The molecule has 4 aromatic rings. The quantitative estimate of drug-likeness (QED) is 0.530. The van der Waals surface area contributed by atoms with Crippen molar-refractivity contribution in [1.29, 1.82) is 0 Å². The average Bonchev–Trinajstić information content (AvgIpc) is 3.09. The van der Waals surface area contributed by atoms with E-state index in [2.05, 4.69) is 19.7 Å². The van der Waals surface area contributed by atoms with Crippen LogP contribution in [-0.2, 0) is 16.6 Å². The van der Waals surface area contributed by atoms with Gasteiger partial charge in [-0.1, -0.05) is 12.1 Å². The SMILES string of the molecule is Cc1ccc(C)c(S(=O)(=O)NCCn2c(-c3ccncc3)nc3cccnc32)c1. The molecule has 0 saturated carbocycles. The second-order valence-corrected chi connectivity index (χ2v) is 8.57. The van der Waals surface area contributed by atoms with Gasteiger partial charge in [0.15, 0.2) is 5.65 Å². The molecular weight excluding hydrogens is 386 g/mol. The van der Waals surface area contributed by atoms with Crippen molar-refractivity contribution in [3.05, 3.63) is 72.2 Å². The number of pyridine rings is 2. The number of hydrogen-bond donors (Lipinski definition) is 1. The molecular formula is C21H21N5O2S. The minimum atomic E-state index is -3.61. The van der Waals surface area contributed by atoms with Gasteiger partial charge in [0.1, 0.15) is 11.3 Å². The zero-order valence-electron chi connectivity index (χ0n) is 16.2. The van der Waals surface area contributed by atoms with Gasteiger partial charge in [0.25, 0.3) is 0 Å². The van der Waals surface area contributed by atoms with Crippen molar-refractivity contribution in [2.75, 3.05) is 6.54 Å². The van der Waals surface area contributed by atoms with E-state index in [1.165, 1.54) is 0 Å². The van der Waals surface area contributed by atoms with Crippen LogP contribution in [0.15, 0.2) is 66.0 Å². The topological polar surface area (TPSA) is 89.8 Å². The van der Waals surface area contributed by atoms with E-state index < -0.39 is 10.0 Å². The van der Waals surface area contributed by atoms with Crippen LogP contribution in [0.1, 0.15) is 11.1 Å². The molecule has 3 aromatic heterocycles. The van der Waals surface area contributed by atoms with Crippen molar-refractivity contribution >= 4 is 21.2 Å². The Hall–Kier alpha value is -3.10. The Labute approximate surface area is 169 Å². The van der Waals surface area contributed by atoms with E-state index in [-0.39, 0.29) is 6.54 Å². The highest BCUT2D eigenvalue weighted by Crippen LogP contribution is 2.23. The van der Waals surface area contributed by atoms with Gasteiger partial charge in [0.05, 0.1) is 4.90 Å². The summed E-state index contributed by atoms with van der Waals surface area (Å²) in [6.45, 7) is 4.29. The summed E-state index contributed by atoms with van der Waals surface area (Å²) in [4.78, 5) is 13.5. The lowest BCUT2D eigenvalue weighted by molar-refractivity contribution is 0.573. The molecule has 1 aromatic carbocycles. The number of rotatable bonds is 6. The van der Waals surface area contributed by atoms with Crippen LogP contribution in [0.2, 0.25) is 0 Å². The van der Waals surface area contributed by atoms with Crippen molar-refractivity contribution in [3.63, 3.8) is 0 Å². The molecule has 0 aliphatic carbocycles. The van der Waals surface area contributed by atoms with Crippen molar-refractivity contribution < 1.29 is 8.42 Å². The number of imidazole rings is 1. The molecule has 0 atom stereocenters. The number of fused-ring (bicyclic) bond motifs is 1. The summed E-state index contributed by atoms with van der Waals surface area (Å²) in [5.41, 5.74) is 3.99. The second kappa shape index (κ2) is 7.73. The number of nitrogens with zero attached hydrogens (tertiary/aromatic N) is 4. The number of aromatic nitrogens is 4. The largest absolute Gasteiger partial charge is 0.307 e. The van der Waals surface area contributed by atoms with Gasteiger partial charge < -0.3 is 4.57 Å².